The molecule has 1 rings (SSSR count). The van der Waals surface area contributed by atoms with E-state index in [-0.39, 0.29) is 11.6 Å². The minimum Gasteiger partial charge on any atom is -0.478 e. The first-order valence-electron chi connectivity index (χ1n) is 5.53. The van der Waals surface area contributed by atoms with Crippen LogP contribution in [-0.4, -0.2) is 35.2 Å². The number of terminal acetylenes is 1. The zero-order chi connectivity index (χ0) is 14.1. The maximum atomic E-state index is 11.5. The van der Waals surface area contributed by atoms with Gasteiger partial charge in [-0.2, -0.15) is 0 Å². The Kier molecular flexibility index (Phi) is 6.33. The highest BCUT2D eigenvalue weighted by Crippen LogP contribution is 2.09. The third kappa shape index (κ3) is 5.84. The predicted molar refractivity (Wildman–Crippen MR) is 76.6 cm³/mol. The van der Waals surface area contributed by atoms with Crippen LogP contribution in [0.2, 0.25) is 0 Å². The highest BCUT2D eigenvalue weighted by molar-refractivity contribution is 7.99. The fourth-order valence-electron chi connectivity index (χ4n) is 1.24. The molecule has 1 aromatic carbocycles. The average Bonchev–Trinajstić information content (AvgIpc) is 2.39. The van der Waals surface area contributed by atoms with Crippen molar-refractivity contribution in [2.75, 3.05) is 23.4 Å². The van der Waals surface area contributed by atoms with E-state index in [1.54, 1.807) is 11.8 Å². The predicted octanol–water partition coefficient (Wildman–Crippen LogP) is 1.87. The first-order chi connectivity index (χ1) is 9.13. The minimum absolute atomic E-state index is 0.177. The van der Waals surface area contributed by atoms with Crippen LogP contribution in [0.4, 0.5) is 10.5 Å². The second kappa shape index (κ2) is 8.06. The molecule has 0 aliphatic carbocycles. The molecule has 2 amide bonds. The van der Waals surface area contributed by atoms with Crippen LogP contribution in [0.15, 0.2) is 24.3 Å². The molecule has 0 spiro atoms. The summed E-state index contributed by atoms with van der Waals surface area (Å²) in [6.45, 7) is 0.519. The van der Waals surface area contributed by atoms with E-state index in [2.05, 4.69) is 16.6 Å². The molecule has 0 saturated carbocycles. The first kappa shape index (κ1) is 14.9. The van der Waals surface area contributed by atoms with E-state index in [0.717, 1.165) is 5.75 Å². The van der Waals surface area contributed by atoms with Gasteiger partial charge < -0.3 is 15.7 Å². The van der Waals surface area contributed by atoms with Crippen molar-refractivity contribution in [2.45, 2.75) is 0 Å². The number of carboxylic acids is 1. The van der Waals surface area contributed by atoms with Crippen molar-refractivity contribution in [1.82, 2.24) is 5.32 Å². The van der Waals surface area contributed by atoms with Gasteiger partial charge in [-0.15, -0.1) is 18.2 Å². The maximum Gasteiger partial charge on any atom is 0.335 e. The Morgan fingerprint density at radius 3 is 2.58 bits per heavy atom. The standard InChI is InChI=1S/C13H14N2O3S/c1-2-8-19-9-7-14-13(18)15-11-5-3-10(4-6-11)12(16)17/h1,3-6H,7-9H2,(H,16,17)(H2,14,15,18). The number of anilines is 1. The fraction of sp³-hybridized carbons (Fsp3) is 0.231. The van der Waals surface area contributed by atoms with Crippen LogP contribution in [0.1, 0.15) is 10.4 Å². The summed E-state index contributed by atoms with van der Waals surface area (Å²) in [4.78, 5) is 22.1. The third-order valence-corrected chi connectivity index (χ3v) is 2.97. The molecule has 0 bridgehead atoms. The van der Waals surface area contributed by atoms with E-state index < -0.39 is 5.97 Å². The molecule has 0 aliphatic rings. The highest BCUT2D eigenvalue weighted by Gasteiger charge is 2.04. The van der Waals surface area contributed by atoms with Crippen LogP contribution in [0.5, 0.6) is 0 Å². The van der Waals surface area contributed by atoms with Crippen molar-refractivity contribution in [3.05, 3.63) is 29.8 Å². The van der Waals surface area contributed by atoms with Gasteiger partial charge in [-0.05, 0) is 24.3 Å². The van der Waals surface area contributed by atoms with E-state index in [1.807, 2.05) is 0 Å². The molecule has 0 aliphatic heterocycles. The molecule has 19 heavy (non-hydrogen) atoms. The van der Waals surface area contributed by atoms with Gasteiger partial charge in [-0.1, -0.05) is 5.92 Å². The quantitative estimate of drug-likeness (QED) is 0.548. The Morgan fingerprint density at radius 2 is 2.00 bits per heavy atom. The Bertz CT molecular complexity index is 480. The number of carbonyl (C=O) groups excluding carboxylic acids is 1. The number of thioether (sulfide) groups is 1. The van der Waals surface area contributed by atoms with Gasteiger partial charge >= 0.3 is 12.0 Å². The molecule has 0 fully saturated rings. The fourth-order valence-corrected chi connectivity index (χ4v) is 1.75. The van der Waals surface area contributed by atoms with Crippen LogP contribution in [0.25, 0.3) is 0 Å². The lowest BCUT2D eigenvalue weighted by molar-refractivity contribution is 0.0697. The van der Waals surface area contributed by atoms with E-state index in [0.29, 0.717) is 18.0 Å². The molecule has 5 nitrogen and oxygen atoms in total. The molecule has 0 unspecified atom stereocenters. The molecular formula is C13H14N2O3S. The zero-order valence-corrected chi connectivity index (χ0v) is 11.0. The van der Waals surface area contributed by atoms with Gasteiger partial charge in [0.2, 0.25) is 0 Å². The van der Waals surface area contributed by atoms with Gasteiger partial charge in [0.05, 0.1) is 11.3 Å². The zero-order valence-electron chi connectivity index (χ0n) is 10.2. The van der Waals surface area contributed by atoms with Gasteiger partial charge in [-0.25, -0.2) is 9.59 Å². The number of benzene rings is 1. The lowest BCUT2D eigenvalue weighted by Gasteiger charge is -2.07. The van der Waals surface area contributed by atoms with Gasteiger partial charge in [0.1, 0.15) is 0 Å². The number of nitrogens with one attached hydrogen (secondary N) is 2. The second-order valence-corrected chi connectivity index (χ2v) is 4.63. The number of hydrogen-bond acceptors (Lipinski definition) is 3. The third-order valence-electron chi connectivity index (χ3n) is 2.11. The Labute approximate surface area is 115 Å². The van der Waals surface area contributed by atoms with Crippen molar-refractivity contribution in [3.63, 3.8) is 0 Å². The lowest BCUT2D eigenvalue weighted by atomic mass is 10.2. The van der Waals surface area contributed by atoms with Crippen LogP contribution in [-0.2, 0) is 0 Å². The van der Waals surface area contributed by atoms with Gasteiger partial charge in [0.25, 0.3) is 0 Å². The second-order valence-electron chi connectivity index (χ2n) is 3.52. The summed E-state index contributed by atoms with van der Waals surface area (Å²) in [5.41, 5.74) is 0.718. The summed E-state index contributed by atoms with van der Waals surface area (Å²) < 4.78 is 0. The first-order valence-corrected chi connectivity index (χ1v) is 6.68. The lowest BCUT2D eigenvalue weighted by Crippen LogP contribution is -2.30. The van der Waals surface area contributed by atoms with Gasteiger partial charge in [-0.3, -0.25) is 0 Å². The summed E-state index contributed by atoms with van der Waals surface area (Å²) in [5, 5.41) is 14.0. The van der Waals surface area contributed by atoms with Crippen LogP contribution in [0.3, 0.4) is 0 Å². The molecule has 6 heteroatoms. The molecule has 3 N–H and O–H groups in total. The summed E-state index contributed by atoms with van der Waals surface area (Å²) in [6, 6.07) is 5.61. The molecule has 0 radical (unpaired) electrons. The van der Waals surface area contributed by atoms with E-state index in [4.69, 9.17) is 11.5 Å². The Hall–Kier alpha value is -2.13. The molecule has 100 valence electrons. The number of aromatic carboxylic acids is 1. The van der Waals surface area contributed by atoms with E-state index in [1.165, 1.54) is 24.3 Å². The smallest absolute Gasteiger partial charge is 0.335 e. The molecule has 0 atom stereocenters. The van der Waals surface area contributed by atoms with E-state index in [9.17, 15) is 9.59 Å². The normalized spacial score (nSPS) is 9.42. The summed E-state index contributed by atoms with van der Waals surface area (Å²) in [7, 11) is 0. The van der Waals surface area contributed by atoms with Crippen LogP contribution in [0, 0.1) is 12.3 Å². The highest BCUT2D eigenvalue weighted by atomic mass is 32.2. The molecule has 0 heterocycles. The SMILES string of the molecule is C#CCSCCNC(=O)Nc1ccc(C(=O)O)cc1. The van der Waals surface area contributed by atoms with Crippen LogP contribution < -0.4 is 10.6 Å². The number of carboxylic acid groups (broad SMARTS) is 1. The number of rotatable bonds is 6. The van der Waals surface area contributed by atoms with Crippen molar-refractivity contribution in [2.24, 2.45) is 0 Å². The van der Waals surface area contributed by atoms with Gasteiger partial charge in [0, 0.05) is 18.0 Å². The van der Waals surface area contributed by atoms with E-state index >= 15 is 0 Å². The van der Waals surface area contributed by atoms with Gasteiger partial charge in [0.15, 0.2) is 0 Å². The number of amides is 2. The summed E-state index contributed by atoms with van der Waals surface area (Å²) in [6.07, 6.45) is 5.09. The monoisotopic (exact) mass is 278 g/mol. The van der Waals surface area contributed by atoms with Crippen molar-refractivity contribution >= 4 is 29.4 Å². The molecule has 0 saturated heterocycles. The van der Waals surface area contributed by atoms with Crippen molar-refractivity contribution in [3.8, 4) is 12.3 Å². The molecular weight excluding hydrogens is 264 g/mol. The molecule has 1 aromatic rings. The minimum atomic E-state index is -0.999. The molecule has 0 aromatic heterocycles. The maximum absolute atomic E-state index is 11.5. The summed E-state index contributed by atoms with van der Waals surface area (Å²) >= 11 is 1.56. The summed E-state index contributed by atoms with van der Waals surface area (Å²) in [5.74, 6) is 2.87. The number of hydrogen-bond donors (Lipinski definition) is 3. The topological polar surface area (TPSA) is 78.4 Å². The Balaban J connectivity index is 2.32. The largest absolute Gasteiger partial charge is 0.478 e. The Morgan fingerprint density at radius 1 is 1.32 bits per heavy atom. The van der Waals surface area contributed by atoms with Crippen molar-refractivity contribution < 1.29 is 14.7 Å². The number of urea groups is 1. The van der Waals surface area contributed by atoms with Crippen LogP contribution >= 0.6 is 11.8 Å². The number of carbonyl (C=O) groups is 2. The van der Waals surface area contributed by atoms with Crippen molar-refractivity contribution in [1.29, 1.82) is 0 Å². The average molecular weight is 278 g/mol.